The van der Waals surface area contributed by atoms with Crippen LogP contribution in [0.2, 0.25) is 0 Å². The van der Waals surface area contributed by atoms with Gasteiger partial charge < -0.3 is 15.4 Å². The Morgan fingerprint density at radius 3 is 2.35 bits per heavy atom. The first-order valence-corrected chi connectivity index (χ1v) is 8.75. The van der Waals surface area contributed by atoms with Crippen LogP contribution in [0.1, 0.15) is 44.9 Å². The quantitative estimate of drug-likeness (QED) is 0.767. The van der Waals surface area contributed by atoms with Gasteiger partial charge in [-0.15, -0.1) is 0 Å². The van der Waals surface area contributed by atoms with Crippen LogP contribution in [0, 0.1) is 23.7 Å². The highest BCUT2D eigenvalue weighted by atomic mass is 16.5. The number of piperidine rings is 1. The maximum absolute atomic E-state index is 12.1. The molecule has 3 rings (SSSR count). The Kier molecular flexibility index (Phi) is 4.87. The number of likely N-dealkylation sites (tertiary alicyclic amines) is 1. The summed E-state index contributed by atoms with van der Waals surface area (Å²) in [6.45, 7) is 0.841. The van der Waals surface area contributed by atoms with Crippen molar-refractivity contribution < 1.29 is 19.1 Å². The summed E-state index contributed by atoms with van der Waals surface area (Å²) in [7, 11) is 0. The molecule has 3 fully saturated rings. The lowest BCUT2D eigenvalue weighted by molar-refractivity contribution is -0.153. The maximum atomic E-state index is 12.1. The molecule has 0 aromatic rings. The summed E-state index contributed by atoms with van der Waals surface area (Å²) in [5.74, 6) is 1.11. The van der Waals surface area contributed by atoms with Crippen LogP contribution in [0.25, 0.3) is 0 Å². The number of nitrogens with two attached hydrogens (primary N) is 1. The number of rotatable bonds is 5. The number of amides is 2. The van der Waals surface area contributed by atoms with Crippen LogP contribution in [-0.2, 0) is 19.1 Å². The van der Waals surface area contributed by atoms with E-state index >= 15 is 0 Å². The van der Waals surface area contributed by atoms with E-state index in [1.807, 2.05) is 0 Å². The summed E-state index contributed by atoms with van der Waals surface area (Å²) in [5, 5.41) is 0. The maximum Gasteiger partial charge on any atom is 0.306 e. The SMILES string of the molecule is NC(=O)C1CCN(C(=O)COC(=O)C[C@H]2C[C@H]3CC[C@@H]2C3)CC1. The largest absolute Gasteiger partial charge is 0.456 e. The number of ether oxygens (including phenoxy) is 1. The van der Waals surface area contributed by atoms with E-state index in [-0.39, 0.29) is 30.3 Å². The lowest BCUT2D eigenvalue weighted by Crippen LogP contribution is -2.43. The van der Waals surface area contributed by atoms with Crippen LogP contribution in [0.5, 0.6) is 0 Å². The van der Waals surface area contributed by atoms with Gasteiger partial charge in [0.05, 0.1) is 0 Å². The Balaban J connectivity index is 1.36. The molecule has 2 N–H and O–H groups in total. The number of esters is 1. The van der Waals surface area contributed by atoms with Gasteiger partial charge in [0.15, 0.2) is 6.61 Å². The first-order chi connectivity index (χ1) is 11.0. The normalized spacial score (nSPS) is 30.4. The Hall–Kier alpha value is -1.59. The number of hydrogen-bond acceptors (Lipinski definition) is 4. The fourth-order valence-electron chi connectivity index (χ4n) is 4.55. The molecule has 0 radical (unpaired) electrons. The molecule has 0 aromatic carbocycles. The first-order valence-electron chi connectivity index (χ1n) is 8.75. The molecule has 6 heteroatoms. The van der Waals surface area contributed by atoms with Crippen molar-refractivity contribution >= 4 is 17.8 Å². The minimum atomic E-state index is -0.297. The molecule has 1 aliphatic heterocycles. The monoisotopic (exact) mass is 322 g/mol. The molecular weight excluding hydrogens is 296 g/mol. The number of fused-ring (bicyclic) bond motifs is 2. The standard InChI is InChI=1S/C17H26N2O4/c18-17(22)12-3-5-19(6-4-12)15(20)10-23-16(21)9-14-8-11-1-2-13(14)7-11/h11-14H,1-10H2,(H2,18,22)/t11-,13+,14+/m0/s1. The first kappa shape index (κ1) is 16.3. The van der Waals surface area contributed by atoms with E-state index in [9.17, 15) is 14.4 Å². The summed E-state index contributed by atoms with van der Waals surface area (Å²) in [6.07, 6.45) is 6.63. The highest BCUT2D eigenvalue weighted by Crippen LogP contribution is 2.49. The summed E-state index contributed by atoms with van der Waals surface area (Å²) < 4.78 is 5.18. The molecule has 1 heterocycles. The zero-order valence-electron chi connectivity index (χ0n) is 13.5. The zero-order chi connectivity index (χ0) is 16.4. The number of nitrogens with zero attached hydrogens (tertiary/aromatic N) is 1. The van der Waals surface area contributed by atoms with E-state index in [0.29, 0.717) is 44.2 Å². The fourth-order valence-corrected chi connectivity index (χ4v) is 4.55. The van der Waals surface area contributed by atoms with Gasteiger partial charge in [0.1, 0.15) is 0 Å². The summed E-state index contributed by atoms with van der Waals surface area (Å²) in [6, 6.07) is 0. The third-order valence-electron chi connectivity index (χ3n) is 5.92. The molecule has 0 aromatic heterocycles. The van der Waals surface area contributed by atoms with Gasteiger partial charge in [-0.2, -0.15) is 0 Å². The van der Waals surface area contributed by atoms with Crippen LogP contribution >= 0.6 is 0 Å². The predicted molar refractivity (Wildman–Crippen MR) is 83.0 cm³/mol. The molecule has 2 saturated carbocycles. The van der Waals surface area contributed by atoms with Gasteiger partial charge in [-0.25, -0.2) is 0 Å². The summed E-state index contributed by atoms with van der Waals surface area (Å²) in [4.78, 5) is 36.8. The second kappa shape index (κ2) is 6.89. The fraction of sp³-hybridized carbons (Fsp3) is 0.824. The lowest BCUT2D eigenvalue weighted by atomic mass is 9.86. The van der Waals surface area contributed by atoms with Crippen LogP contribution in [0.3, 0.4) is 0 Å². The average molecular weight is 322 g/mol. The van der Waals surface area contributed by atoms with E-state index in [2.05, 4.69) is 0 Å². The summed E-state index contributed by atoms with van der Waals surface area (Å²) in [5.41, 5.74) is 5.28. The van der Waals surface area contributed by atoms with Crippen LogP contribution < -0.4 is 5.73 Å². The van der Waals surface area contributed by atoms with Crippen LogP contribution in [0.4, 0.5) is 0 Å². The van der Waals surface area contributed by atoms with E-state index in [0.717, 1.165) is 12.3 Å². The molecule has 128 valence electrons. The molecule has 3 atom stereocenters. The molecule has 0 unspecified atom stereocenters. The Bertz CT molecular complexity index is 485. The summed E-state index contributed by atoms with van der Waals surface area (Å²) >= 11 is 0. The molecule has 23 heavy (non-hydrogen) atoms. The van der Waals surface area contributed by atoms with Gasteiger partial charge >= 0.3 is 5.97 Å². The minimum absolute atomic E-state index is 0.139. The molecule has 2 bridgehead atoms. The van der Waals surface area contributed by atoms with E-state index in [4.69, 9.17) is 10.5 Å². The van der Waals surface area contributed by atoms with Gasteiger partial charge in [0.2, 0.25) is 5.91 Å². The van der Waals surface area contributed by atoms with Gasteiger partial charge in [0.25, 0.3) is 5.91 Å². The Morgan fingerprint density at radius 2 is 1.78 bits per heavy atom. The second-order valence-corrected chi connectivity index (χ2v) is 7.36. The third kappa shape index (κ3) is 3.85. The molecular formula is C17H26N2O4. The number of carbonyl (C=O) groups excluding carboxylic acids is 3. The topological polar surface area (TPSA) is 89.7 Å². The molecule has 2 aliphatic carbocycles. The van der Waals surface area contributed by atoms with Gasteiger partial charge in [0, 0.05) is 25.4 Å². The van der Waals surface area contributed by atoms with Gasteiger partial charge in [-0.05, 0) is 49.9 Å². The number of hydrogen-bond donors (Lipinski definition) is 1. The van der Waals surface area contributed by atoms with Gasteiger partial charge in [-0.3, -0.25) is 14.4 Å². The molecule has 6 nitrogen and oxygen atoms in total. The van der Waals surface area contributed by atoms with Crippen LogP contribution in [0.15, 0.2) is 0 Å². The average Bonchev–Trinajstić information content (AvgIpc) is 3.15. The van der Waals surface area contributed by atoms with Crippen molar-refractivity contribution in [3.63, 3.8) is 0 Å². The zero-order valence-corrected chi connectivity index (χ0v) is 13.5. The minimum Gasteiger partial charge on any atom is -0.456 e. The smallest absolute Gasteiger partial charge is 0.306 e. The number of carbonyl (C=O) groups is 3. The van der Waals surface area contributed by atoms with Crippen molar-refractivity contribution in [1.82, 2.24) is 4.90 Å². The van der Waals surface area contributed by atoms with Crippen LogP contribution in [-0.4, -0.2) is 42.4 Å². The van der Waals surface area contributed by atoms with Crippen molar-refractivity contribution in [2.24, 2.45) is 29.4 Å². The molecule has 0 spiro atoms. The third-order valence-corrected chi connectivity index (χ3v) is 5.92. The van der Waals surface area contributed by atoms with Crippen molar-refractivity contribution in [1.29, 1.82) is 0 Å². The number of primary amides is 1. The molecule has 2 amide bonds. The highest BCUT2D eigenvalue weighted by molar-refractivity contribution is 5.81. The Labute approximate surface area is 136 Å². The molecule has 1 saturated heterocycles. The highest BCUT2D eigenvalue weighted by Gasteiger charge is 2.40. The van der Waals surface area contributed by atoms with E-state index in [1.165, 1.54) is 19.3 Å². The van der Waals surface area contributed by atoms with Crippen molar-refractivity contribution in [3.05, 3.63) is 0 Å². The van der Waals surface area contributed by atoms with Crippen molar-refractivity contribution in [3.8, 4) is 0 Å². The Morgan fingerprint density at radius 1 is 1.04 bits per heavy atom. The van der Waals surface area contributed by atoms with Gasteiger partial charge in [-0.1, -0.05) is 6.42 Å². The lowest BCUT2D eigenvalue weighted by Gasteiger charge is -2.30. The van der Waals surface area contributed by atoms with E-state index in [1.54, 1.807) is 4.90 Å². The predicted octanol–water partition coefficient (Wildman–Crippen LogP) is 1.08. The second-order valence-electron chi connectivity index (χ2n) is 7.36. The van der Waals surface area contributed by atoms with Crippen molar-refractivity contribution in [2.45, 2.75) is 44.9 Å². The van der Waals surface area contributed by atoms with Crippen molar-refractivity contribution in [2.75, 3.05) is 19.7 Å². The molecule has 3 aliphatic rings. The van der Waals surface area contributed by atoms with E-state index < -0.39 is 0 Å².